The molecule has 0 spiro atoms. The number of carboxylic acid groups (broad SMARTS) is 1. The minimum absolute atomic E-state index is 0.0604. The first kappa shape index (κ1) is 13.9. The van der Waals surface area contributed by atoms with Crippen molar-refractivity contribution in [1.82, 2.24) is 4.90 Å². The second kappa shape index (κ2) is 5.25. The van der Waals surface area contributed by atoms with Gasteiger partial charge in [0.05, 0.1) is 0 Å². The van der Waals surface area contributed by atoms with Crippen molar-refractivity contribution in [2.45, 2.75) is 32.4 Å². The molecule has 1 aromatic rings. The molecular formula is C14H17F2NO2. The van der Waals surface area contributed by atoms with Crippen molar-refractivity contribution in [1.29, 1.82) is 0 Å². The zero-order valence-corrected chi connectivity index (χ0v) is 10.9. The average molecular weight is 269 g/mol. The van der Waals surface area contributed by atoms with E-state index < -0.39 is 23.6 Å². The van der Waals surface area contributed by atoms with Crippen molar-refractivity contribution >= 4 is 5.97 Å². The molecule has 0 amide bonds. The number of aliphatic carboxylic acids is 1. The summed E-state index contributed by atoms with van der Waals surface area (Å²) in [7, 11) is 0. The van der Waals surface area contributed by atoms with Crippen molar-refractivity contribution < 1.29 is 18.7 Å². The van der Waals surface area contributed by atoms with Crippen LogP contribution in [0.5, 0.6) is 0 Å². The summed E-state index contributed by atoms with van der Waals surface area (Å²) in [6.07, 6.45) is 0.797. The molecule has 0 bridgehead atoms. The zero-order chi connectivity index (χ0) is 14.2. The van der Waals surface area contributed by atoms with Crippen LogP contribution in [0.1, 0.15) is 31.9 Å². The molecule has 3 nitrogen and oxygen atoms in total. The summed E-state index contributed by atoms with van der Waals surface area (Å²) in [5.74, 6) is -2.59. The number of halogens is 2. The summed E-state index contributed by atoms with van der Waals surface area (Å²) in [5.41, 5.74) is 0.597. The van der Waals surface area contributed by atoms with Crippen LogP contribution in [0.25, 0.3) is 0 Å². The first-order valence-corrected chi connectivity index (χ1v) is 6.35. The molecule has 0 aromatic heterocycles. The lowest BCUT2D eigenvalue weighted by molar-refractivity contribution is -0.144. The number of nitrogens with zero attached hydrogens (tertiary/aromatic N) is 1. The largest absolute Gasteiger partial charge is 0.480 e. The molecule has 1 heterocycles. The van der Waals surface area contributed by atoms with Gasteiger partial charge in [-0.05, 0) is 43.5 Å². The van der Waals surface area contributed by atoms with Gasteiger partial charge >= 0.3 is 5.97 Å². The topological polar surface area (TPSA) is 40.5 Å². The van der Waals surface area contributed by atoms with Gasteiger partial charge in [0, 0.05) is 6.04 Å². The lowest BCUT2D eigenvalue weighted by Gasteiger charge is -2.29. The average Bonchev–Trinajstić information content (AvgIpc) is 2.74. The van der Waals surface area contributed by atoms with Gasteiger partial charge in [-0.25, -0.2) is 8.78 Å². The van der Waals surface area contributed by atoms with Crippen molar-refractivity contribution in [3.8, 4) is 0 Å². The Kier molecular flexibility index (Phi) is 3.85. The smallest absolute Gasteiger partial charge is 0.321 e. The fraction of sp³-hybridized carbons (Fsp3) is 0.500. The van der Waals surface area contributed by atoms with Crippen LogP contribution in [0.3, 0.4) is 0 Å². The molecule has 19 heavy (non-hydrogen) atoms. The Hall–Kier alpha value is -1.49. The molecule has 1 N–H and O–H groups in total. The van der Waals surface area contributed by atoms with E-state index in [0.717, 1.165) is 18.6 Å². The summed E-state index contributed by atoms with van der Waals surface area (Å²) in [6.45, 7) is 4.37. The molecule has 1 aliphatic heterocycles. The molecule has 0 saturated carbocycles. The molecular weight excluding hydrogens is 252 g/mol. The van der Waals surface area contributed by atoms with Crippen molar-refractivity contribution in [2.75, 3.05) is 6.54 Å². The van der Waals surface area contributed by atoms with Gasteiger partial charge in [-0.3, -0.25) is 9.69 Å². The van der Waals surface area contributed by atoms with Crippen molar-refractivity contribution in [3.05, 3.63) is 35.4 Å². The Balaban J connectivity index is 2.25. The fourth-order valence-corrected chi connectivity index (χ4v) is 2.76. The first-order chi connectivity index (χ1) is 8.91. The van der Waals surface area contributed by atoms with Gasteiger partial charge in [-0.1, -0.05) is 13.0 Å². The van der Waals surface area contributed by atoms with Crippen LogP contribution in [0.4, 0.5) is 8.78 Å². The number of hydrogen-bond donors (Lipinski definition) is 1. The predicted octanol–water partition coefficient (Wildman–Crippen LogP) is 2.82. The van der Waals surface area contributed by atoms with Crippen LogP contribution in [-0.4, -0.2) is 28.6 Å². The van der Waals surface area contributed by atoms with Gasteiger partial charge in [0.1, 0.15) is 6.04 Å². The van der Waals surface area contributed by atoms with Crippen LogP contribution in [-0.2, 0) is 4.79 Å². The standard InChI is InChI=1S/C14H17F2NO2/c1-8-5-6-17(13(8)14(18)19)9(2)10-3-4-11(15)12(16)7-10/h3-4,7-9,13H,5-6H2,1-2H3,(H,18,19). The molecule has 1 fully saturated rings. The van der Waals surface area contributed by atoms with Gasteiger partial charge in [0.25, 0.3) is 0 Å². The molecule has 104 valence electrons. The van der Waals surface area contributed by atoms with Crippen LogP contribution >= 0.6 is 0 Å². The quantitative estimate of drug-likeness (QED) is 0.917. The summed E-state index contributed by atoms with van der Waals surface area (Å²) < 4.78 is 26.2. The van der Waals surface area contributed by atoms with E-state index in [1.807, 2.05) is 18.7 Å². The molecule has 2 rings (SSSR count). The van der Waals surface area contributed by atoms with Gasteiger partial charge in [-0.15, -0.1) is 0 Å². The number of hydrogen-bond acceptors (Lipinski definition) is 2. The highest BCUT2D eigenvalue weighted by atomic mass is 19.2. The van der Waals surface area contributed by atoms with Gasteiger partial charge < -0.3 is 5.11 Å². The fourth-order valence-electron chi connectivity index (χ4n) is 2.76. The maximum Gasteiger partial charge on any atom is 0.321 e. The number of likely N-dealkylation sites (tertiary alicyclic amines) is 1. The minimum Gasteiger partial charge on any atom is -0.480 e. The van der Waals surface area contributed by atoms with E-state index in [-0.39, 0.29) is 12.0 Å². The van der Waals surface area contributed by atoms with Gasteiger partial charge in [0.15, 0.2) is 11.6 Å². The molecule has 1 aromatic carbocycles. The third-order valence-corrected chi connectivity index (χ3v) is 3.92. The molecule has 5 heteroatoms. The molecule has 1 aliphatic rings. The molecule has 3 unspecified atom stereocenters. The van der Waals surface area contributed by atoms with Crippen LogP contribution < -0.4 is 0 Å². The summed E-state index contributed by atoms with van der Waals surface area (Å²) in [5, 5.41) is 9.27. The summed E-state index contributed by atoms with van der Waals surface area (Å²) in [6, 6.07) is 2.91. The van der Waals surface area contributed by atoms with E-state index in [1.165, 1.54) is 6.07 Å². The van der Waals surface area contributed by atoms with E-state index >= 15 is 0 Å². The Morgan fingerprint density at radius 1 is 1.42 bits per heavy atom. The third-order valence-electron chi connectivity index (χ3n) is 3.92. The Morgan fingerprint density at radius 2 is 2.11 bits per heavy atom. The zero-order valence-electron chi connectivity index (χ0n) is 10.9. The Labute approximate surface area is 110 Å². The monoisotopic (exact) mass is 269 g/mol. The highest BCUT2D eigenvalue weighted by Gasteiger charge is 2.39. The van der Waals surface area contributed by atoms with Gasteiger partial charge in [0.2, 0.25) is 0 Å². The number of carbonyl (C=O) groups is 1. The highest BCUT2D eigenvalue weighted by molar-refractivity contribution is 5.74. The Morgan fingerprint density at radius 3 is 2.68 bits per heavy atom. The molecule has 0 radical (unpaired) electrons. The maximum absolute atomic E-state index is 13.2. The van der Waals surface area contributed by atoms with Crippen LogP contribution in [0.2, 0.25) is 0 Å². The van der Waals surface area contributed by atoms with E-state index in [9.17, 15) is 18.7 Å². The number of benzene rings is 1. The number of carboxylic acids is 1. The molecule has 0 aliphatic carbocycles. The SMILES string of the molecule is CC1CCN(C(C)c2ccc(F)c(F)c2)C1C(=O)O. The second-order valence-electron chi connectivity index (χ2n) is 5.14. The van der Waals surface area contributed by atoms with Crippen LogP contribution in [0, 0.1) is 17.6 Å². The maximum atomic E-state index is 13.2. The predicted molar refractivity (Wildman–Crippen MR) is 66.7 cm³/mol. The van der Waals surface area contributed by atoms with E-state index in [4.69, 9.17) is 0 Å². The minimum atomic E-state index is -0.900. The summed E-state index contributed by atoms with van der Waals surface area (Å²) >= 11 is 0. The van der Waals surface area contributed by atoms with Gasteiger partial charge in [-0.2, -0.15) is 0 Å². The lowest BCUT2D eigenvalue weighted by Crippen LogP contribution is -2.40. The summed E-state index contributed by atoms with van der Waals surface area (Å²) in [4.78, 5) is 13.1. The van der Waals surface area contributed by atoms with E-state index in [2.05, 4.69) is 0 Å². The third kappa shape index (κ3) is 2.61. The normalized spacial score (nSPS) is 25.5. The van der Waals surface area contributed by atoms with E-state index in [1.54, 1.807) is 0 Å². The lowest BCUT2D eigenvalue weighted by atomic mass is 10.0. The Bertz CT molecular complexity index is 492. The van der Waals surface area contributed by atoms with Crippen LogP contribution in [0.15, 0.2) is 18.2 Å². The van der Waals surface area contributed by atoms with Crippen molar-refractivity contribution in [2.24, 2.45) is 5.92 Å². The molecule has 1 saturated heterocycles. The number of rotatable bonds is 3. The first-order valence-electron chi connectivity index (χ1n) is 6.35. The van der Waals surface area contributed by atoms with E-state index in [0.29, 0.717) is 12.1 Å². The molecule has 3 atom stereocenters. The highest BCUT2D eigenvalue weighted by Crippen LogP contribution is 2.33. The second-order valence-corrected chi connectivity index (χ2v) is 5.14. The van der Waals surface area contributed by atoms with Crippen molar-refractivity contribution in [3.63, 3.8) is 0 Å².